The molecule has 0 fully saturated rings. The van der Waals surface area contributed by atoms with E-state index in [0.29, 0.717) is 17.7 Å². The molecule has 1 aliphatic heterocycles. The van der Waals surface area contributed by atoms with E-state index in [2.05, 4.69) is 10.4 Å². The molecule has 4 rings (SSSR count). The smallest absolute Gasteiger partial charge is 0.425 e. The van der Waals surface area contributed by atoms with Crippen molar-refractivity contribution >= 4 is 23.2 Å². The van der Waals surface area contributed by atoms with Crippen LogP contribution < -0.4 is 15.7 Å². The van der Waals surface area contributed by atoms with Crippen LogP contribution in [-0.2, 0) is 17.9 Å². The summed E-state index contributed by atoms with van der Waals surface area (Å²) in [5, 5.41) is 6.16. The molecule has 2 heterocycles. The first-order valence-electron chi connectivity index (χ1n) is 10.5. The number of halogens is 6. The molecule has 1 N–H and O–H groups in total. The van der Waals surface area contributed by atoms with E-state index in [1.54, 1.807) is 0 Å². The number of ether oxygens (including phenoxy) is 2. The molecule has 2 aromatic carbocycles. The Bertz CT molecular complexity index is 1380. The van der Waals surface area contributed by atoms with Gasteiger partial charge in [0.2, 0.25) is 0 Å². The Morgan fingerprint density at radius 3 is 2.61 bits per heavy atom. The average molecular weight is 533 g/mol. The summed E-state index contributed by atoms with van der Waals surface area (Å²) in [5.41, 5.74) is -1.70. The summed E-state index contributed by atoms with van der Waals surface area (Å²) in [6, 6.07) is 3.41. The minimum absolute atomic E-state index is 0.0173. The summed E-state index contributed by atoms with van der Waals surface area (Å²) < 4.78 is 80.5. The molecule has 0 saturated carbocycles. The fourth-order valence-electron chi connectivity index (χ4n) is 3.52. The van der Waals surface area contributed by atoms with Gasteiger partial charge in [-0.15, -0.1) is 5.10 Å². The Hall–Kier alpha value is -3.45. The molecule has 0 spiro atoms. The highest BCUT2D eigenvalue weighted by atomic mass is 35.5. The highest BCUT2D eigenvalue weighted by molar-refractivity contribution is 6.34. The summed E-state index contributed by atoms with van der Waals surface area (Å²) in [6.45, 7) is 2.50. The number of carbonyl (C=O) groups excluding carboxylic acids is 1. The molecule has 0 radical (unpaired) electrons. The third kappa shape index (κ3) is 4.93. The Morgan fingerprint density at radius 1 is 1.25 bits per heavy atom. The molecule has 36 heavy (non-hydrogen) atoms. The topological polar surface area (TPSA) is 87.4 Å². The number of anilines is 1. The van der Waals surface area contributed by atoms with E-state index in [0.717, 1.165) is 18.2 Å². The first kappa shape index (κ1) is 25.6. The van der Waals surface area contributed by atoms with Gasteiger partial charge >= 0.3 is 11.9 Å². The fraction of sp³-hybridized carbons (Fsp3) is 0.318. The van der Waals surface area contributed by atoms with Crippen molar-refractivity contribution in [1.82, 2.24) is 14.3 Å². The van der Waals surface area contributed by atoms with Crippen molar-refractivity contribution < 1.29 is 36.2 Å². The largest absolute Gasteiger partial charge is 0.480 e. The second-order valence-electron chi connectivity index (χ2n) is 7.95. The number of nitrogens with zero attached hydrogens (tertiary/aromatic N) is 3. The van der Waals surface area contributed by atoms with E-state index < -0.39 is 52.5 Å². The van der Waals surface area contributed by atoms with Crippen LogP contribution >= 0.6 is 11.6 Å². The van der Waals surface area contributed by atoms with Crippen LogP contribution in [0, 0.1) is 18.6 Å². The minimum Gasteiger partial charge on any atom is -0.480 e. The van der Waals surface area contributed by atoms with Gasteiger partial charge in [0.05, 0.1) is 29.4 Å². The number of benzene rings is 2. The van der Waals surface area contributed by atoms with E-state index in [9.17, 15) is 27.2 Å². The first-order chi connectivity index (χ1) is 16.9. The fourth-order valence-corrected chi connectivity index (χ4v) is 3.82. The zero-order chi connectivity index (χ0) is 26.4. The normalized spacial score (nSPS) is 14.3. The molecule has 0 unspecified atom stereocenters. The number of aryl methyl sites for hydroxylation is 1. The number of rotatable bonds is 5. The number of alkyl halides is 3. The molecule has 192 valence electrons. The van der Waals surface area contributed by atoms with E-state index in [-0.39, 0.29) is 41.9 Å². The van der Waals surface area contributed by atoms with Crippen molar-refractivity contribution in [2.45, 2.75) is 39.3 Å². The van der Waals surface area contributed by atoms with Crippen LogP contribution in [0.25, 0.3) is 5.69 Å². The third-order valence-electron chi connectivity index (χ3n) is 5.41. The molecular formula is C22H18ClF5N4O4. The Balaban J connectivity index is 1.80. The van der Waals surface area contributed by atoms with Gasteiger partial charge in [-0.25, -0.2) is 13.6 Å². The van der Waals surface area contributed by atoms with E-state index in [1.165, 1.54) is 11.5 Å². The first-order valence-corrected chi connectivity index (χ1v) is 10.9. The Labute approximate surface area is 205 Å². The van der Waals surface area contributed by atoms with Gasteiger partial charge in [0, 0.05) is 6.07 Å². The summed E-state index contributed by atoms with van der Waals surface area (Å²) in [4.78, 5) is 25.7. The molecule has 0 saturated heterocycles. The number of fused-ring (bicyclic) bond motifs is 1. The Kier molecular flexibility index (Phi) is 6.80. The standard InChI is InChI=1S/C22H18ClF5N4O4/c1-10-5-12(24)6-14(23)19(10)29-20(33)13-7-15(25)16(8-17(13)36-11(2)22(26,27)28)32-21(34)31-3-4-35-9-18(31)30-32/h5-8,11H,3-4,9H2,1-2H3,(H,29,33)/t11-/m0/s1. The zero-order valence-corrected chi connectivity index (χ0v) is 19.5. The van der Waals surface area contributed by atoms with Gasteiger partial charge in [-0.3, -0.25) is 9.36 Å². The van der Waals surface area contributed by atoms with Crippen molar-refractivity contribution in [1.29, 1.82) is 0 Å². The van der Waals surface area contributed by atoms with Crippen molar-refractivity contribution in [3.8, 4) is 11.4 Å². The second-order valence-corrected chi connectivity index (χ2v) is 8.36. The van der Waals surface area contributed by atoms with Gasteiger partial charge in [-0.05, 0) is 37.6 Å². The molecule has 1 aromatic heterocycles. The predicted octanol–water partition coefficient (Wildman–Crippen LogP) is 4.39. The van der Waals surface area contributed by atoms with Crippen molar-refractivity contribution in [2.24, 2.45) is 0 Å². The maximum Gasteiger partial charge on any atom is 0.425 e. The predicted molar refractivity (Wildman–Crippen MR) is 118 cm³/mol. The lowest BCUT2D eigenvalue weighted by Crippen LogP contribution is -2.32. The van der Waals surface area contributed by atoms with Gasteiger partial charge in [-0.1, -0.05) is 11.6 Å². The molecule has 8 nitrogen and oxygen atoms in total. The lowest BCUT2D eigenvalue weighted by molar-refractivity contribution is -0.189. The van der Waals surface area contributed by atoms with Crippen LogP contribution in [-0.4, -0.2) is 39.1 Å². The summed E-state index contributed by atoms with van der Waals surface area (Å²) >= 11 is 5.99. The molecule has 14 heteroatoms. The summed E-state index contributed by atoms with van der Waals surface area (Å²) in [5.74, 6) is -3.36. The van der Waals surface area contributed by atoms with Crippen molar-refractivity contribution in [3.63, 3.8) is 0 Å². The van der Waals surface area contributed by atoms with Crippen LogP contribution in [0.3, 0.4) is 0 Å². The minimum atomic E-state index is -4.82. The quantitative estimate of drug-likeness (QED) is 0.493. The van der Waals surface area contributed by atoms with Crippen LogP contribution in [0.4, 0.5) is 27.6 Å². The highest BCUT2D eigenvalue weighted by Gasteiger charge is 2.39. The molecule has 0 bridgehead atoms. The third-order valence-corrected chi connectivity index (χ3v) is 5.70. The number of hydrogen-bond donors (Lipinski definition) is 1. The van der Waals surface area contributed by atoms with Gasteiger partial charge in [0.15, 0.2) is 11.9 Å². The Morgan fingerprint density at radius 2 is 1.97 bits per heavy atom. The molecule has 1 aliphatic rings. The van der Waals surface area contributed by atoms with Gasteiger partial charge < -0.3 is 14.8 Å². The average Bonchev–Trinajstić information content (AvgIpc) is 3.12. The van der Waals surface area contributed by atoms with Crippen LogP contribution in [0.5, 0.6) is 5.75 Å². The van der Waals surface area contributed by atoms with Crippen molar-refractivity contribution in [2.75, 3.05) is 11.9 Å². The highest BCUT2D eigenvalue weighted by Crippen LogP contribution is 2.33. The number of amides is 1. The number of carbonyl (C=O) groups is 1. The van der Waals surface area contributed by atoms with Crippen LogP contribution in [0.2, 0.25) is 5.02 Å². The van der Waals surface area contributed by atoms with E-state index in [4.69, 9.17) is 21.1 Å². The summed E-state index contributed by atoms with van der Waals surface area (Å²) in [7, 11) is 0. The lowest BCUT2D eigenvalue weighted by Gasteiger charge is -2.21. The second kappa shape index (κ2) is 9.54. The maximum absolute atomic E-state index is 15.2. The molecular weight excluding hydrogens is 515 g/mol. The van der Waals surface area contributed by atoms with E-state index >= 15 is 4.39 Å². The SMILES string of the molecule is Cc1cc(F)cc(Cl)c1NC(=O)c1cc(F)c(-n2nc3n(c2=O)CCOC3)cc1O[C@@H](C)C(F)(F)F. The van der Waals surface area contributed by atoms with Gasteiger partial charge in [0.1, 0.15) is 29.7 Å². The number of hydrogen-bond acceptors (Lipinski definition) is 5. The summed E-state index contributed by atoms with van der Waals surface area (Å²) in [6.07, 6.45) is -7.21. The molecule has 0 aliphatic carbocycles. The molecule has 3 aromatic rings. The monoisotopic (exact) mass is 532 g/mol. The lowest BCUT2D eigenvalue weighted by atomic mass is 10.1. The van der Waals surface area contributed by atoms with Gasteiger partial charge in [0.25, 0.3) is 5.91 Å². The van der Waals surface area contributed by atoms with Crippen LogP contribution in [0.15, 0.2) is 29.1 Å². The van der Waals surface area contributed by atoms with Gasteiger partial charge in [-0.2, -0.15) is 17.9 Å². The number of nitrogens with one attached hydrogen (secondary N) is 1. The van der Waals surface area contributed by atoms with E-state index in [1.807, 2.05) is 0 Å². The maximum atomic E-state index is 15.2. The molecule has 1 atom stereocenters. The van der Waals surface area contributed by atoms with Crippen LogP contribution in [0.1, 0.15) is 28.7 Å². The van der Waals surface area contributed by atoms with Crippen molar-refractivity contribution in [3.05, 3.63) is 68.4 Å². The molecule has 1 amide bonds. The number of aromatic nitrogens is 3. The zero-order valence-electron chi connectivity index (χ0n) is 18.8.